The number of hydrogen-bond acceptors (Lipinski definition) is 6. The van der Waals surface area contributed by atoms with E-state index in [-0.39, 0.29) is 36.7 Å². The van der Waals surface area contributed by atoms with Crippen LogP contribution in [0.2, 0.25) is 0 Å². The Balaban J connectivity index is 1.45. The van der Waals surface area contributed by atoms with Crippen LogP contribution in [0.1, 0.15) is 52.5 Å². The first-order chi connectivity index (χ1) is 14.9. The minimum atomic E-state index is -0.610. The molecule has 1 aliphatic rings. The second-order valence-electron chi connectivity index (χ2n) is 7.35. The molecule has 3 rings (SSSR count). The summed E-state index contributed by atoms with van der Waals surface area (Å²) in [6.45, 7) is 2.22. The zero-order chi connectivity index (χ0) is 22.4. The lowest BCUT2D eigenvalue weighted by molar-refractivity contribution is -0.142. The van der Waals surface area contributed by atoms with E-state index in [0.29, 0.717) is 23.5 Å². The van der Waals surface area contributed by atoms with Gasteiger partial charge in [-0.15, -0.1) is 0 Å². The van der Waals surface area contributed by atoms with Crippen molar-refractivity contribution in [1.82, 2.24) is 0 Å². The summed E-state index contributed by atoms with van der Waals surface area (Å²) in [4.78, 5) is 49.8. The lowest BCUT2D eigenvalue weighted by Crippen LogP contribution is -2.20. The number of ketones is 2. The first-order valence-electron chi connectivity index (χ1n) is 10.2. The molecule has 2 aromatic carbocycles. The number of esters is 1. The zero-order valence-corrected chi connectivity index (χ0v) is 17.7. The molecule has 0 fully saturated rings. The summed E-state index contributed by atoms with van der Waals surface area (Å²) in [5.74, 6) is -0.483. The third-order valence-electron chi connectivity index (χ3n) is 5.05. The van der Waals surface area contributed by atoms with Crippen LogP contribution in [-0.4, -0.2) is 43.7 Å². The average Bonchev–Trinajstić information content (AvgIpc) is 3.07. The normalized spacial score (nSPS) is 12.5. The van der Waals surface area contributed by atoms with E-state index in [1.165, 1.54) is 0 Å². The summed E-state index contributed by atoms with van der Waals surface area (Å²) in [6.07, 6.45) is 1.04. The lowest BCUT2D eigenvalue weighted by atomic mass is 10.1. The molecule has 0 unspecified atom stereocenters. The molecule has 2 aromatic rings. The van der Waals surface area contributed by atoms with Gasteiger partial charge >= 0.3 is 5.97 Å². The van der Waals surface area contributed by atoms with E-state index >= 15 is 0 Å². The number of fused-ring (bicyclic) bond motifs is 1. The monoisotopic (exact) mass is 423 g/mol. The second-order valence-corrected chi connectivity index (χ2v) is 7.35. The number of nitrogens with zero attached hydrogens (tertiary/aromatic N) is 1. The minimum absolute atomic E-state index is 0.00449. The molecule has 1 amide bonds. The standard InChI is InChI=1S/C24H25NO6/c1-3-12-30-19-7-4-16(5-8-19)21(26)10-11-24(29)31-15-22(27)17-6-9-20-18(13-17)14-23(28)25(20)2/h4-9,13H,3,10-12,14-15H2,1-2H3. The highest BCUT2D eigenvalue weighted by Gasteiger charge is 2.25. The van der Waals surface area contributed by atoms with Crippen LogP contribution in [0.5, 0.6) is 5.75 Å². The summed E-state index contributed by atoms with van der Waals surface area (Å²) < 4.78 is 10.5. The number of rotatable bonds is 10. The molecule has 162 valence electrons. The van der Waals surface area contributed by atoms with E-state index < -0.39 is 12.6 Å². The number of carbonyl (C=O) groups excluding carboxylic acids is 4. The SMILES string of the molecule is CCCOc1ccc(C(=O)CCC(=O)OCC(=O)c2ccc3c(c2)CC(=O)N3C)cc1. The van der Waals surface area contributed by atoms with E-state index in [1.54, 1.807) is 54.4 Å². The van der Waals surface area contributed by atoms with Gasteiger partial charge in [-0.2, -0.15) is 0 Å². The van der Waals surface area contributed by atoms with Crippen LogP contribution in [0, 0.1) is 0 Å². The van der Waals surface area contributed by atoms with Crippen molar-refractivity contribution in [3.63, 3.8) is 0 Å². The molecular weight excluding hydrogens is 398 g/mol. The highest BCUT2D eigenvalue weighted by Crippen LogP contribution is 2.28. The summed E-state index contributed by atoms with van der Waals surface area (Å²) in [7, 11) is 1.69. The van der Waals surface area contributed by atoms with Gasteiger partial charge in [0.25, 0.3) is 0 Å². The summed E-state index contributed by atoms with van der Waals surface area (Å²) in [5, 5.41) is 0. The summed E-state index contributed by atoms with van der Waals surface area (Å²) in [5.41, 5.74) is 2.44. The number of carbonyl (C=O) groups is 4. The van der Waals surface area contributed by atoms with Crippen molar-refractivity contribution in [2.75, 3.05) is 25.2 Å². The number of likely N-dealkylation sites (N-methyl/N-ethyl adjacent to an activating group) is 1. The third kappa shape index (κ3) is 5.57. The molecule has 0 spiro atoms. The predicted octanol–water partition coefficient (Wildman–Crippen LogP) is 3.38. The number of amides is 1. The number of hydrogen-bond donors (Lipinski definition) is 0. The van der Waals surface area contributed by atoms with E-state index in [9.17, 15) is 19.2 Å². The maximum atomic E-state index is 12.3. The van der Waals surface area contributed by atoms with E-state index in [2.05, 4.69) is 0 Å². The fraction of sp³-hybridized carbons (Fsp3) is 0.333. The predicted molar refractivity (Wildman–Crippen MR) is 115 cm³/mol. The van der Waals surface area contributed by atoms with Gasteiger partial charge < -0.3 is 14.4 Å². The molecule has 0 aromatic heterocycles. The Bertz CT molecular complexity index is 996. The molecule has 0 aliphatic carbocycles. The number of ether oxygens (including phenoxy) is 2. The van der Waals surface area contributed by atoms with E-state index in [1.807, 2.05) is 6.92 Å². The van der Waals surface area contributed by atoms with Crippen molar-refractivity contribution in [3.8, 4) is 5.75 Å². The molecule has 31 heavy (non-hydrogen) atoms. The van der Waals surface area contributed by atoms with Crippen LogP contribution in [0.4, 0.5) is 5.69 Å². The summed E-state index contributed by atoms with van der Waals surface area (Å²) in [6, 6.07) is 11.8. The molecule has 1 heterocycles. The second kappa shape index (κ2) is 10.0. The van der Waals surface area contributed by atoms with Gasteiger partial charge in [-0.1, -0.05) is 6.92 Å². The van der Waals surface area contributed by atoms with Crippen LogP contribution in [-0.2, 0) is 20.7 Å². The van der Waals surface area contributed by atoms with E-state index in [4.69, 9.17) is 9.47 Å². The molecule has 0 saturated heterocycles. The maximum absolute atomic E-state index is 12.3. The number of anilines is 1. The first-order valence-corrected chi connectivity index (χ1v) is 10.2. The van der Waals surface area contributed by atoms with Gasteiger partial charge in [-0.05, 0) is 54.4 Å². The molecule has 0 radical (unpaired) electrons. The van der Waals surface area contributed by atoms with Crippen LogP contribution in [0.25, 0.3) is 0 Å². The Morgan fingerprint density at radius 2 is 1.68 bits per heavy atom. The lowest BCUT2D eigenvalue weighted by Gasteiger charge is -2.10. The van der Waals surface area contributed by atoms with Crippen molar-refractivity contribution in [3.05, 3.63) is 59.2 Å². The topological polar surface area (TPSA) is 90.0 Å². The van der Waals surface area contributed by atoms with Gasteiger partial charge in [0, 0.05) is 30.3 Å². The molecule has 0 saturated carbocycles. The van der Waals surface area contributed by atoms with E-state index in [0.717, 1.165) is 17.7 Å². The molecule has 0 N–H and O–H groups in total. The van der Waals surface area contributed by atoms with Gasteiger partial charge in [0.15, 0.2) is 18.2 Å². The van der Waals surface area contributed by atoms with Crippen LogP contribution in [0.15, 0.2) is 42.5 Å². The molecule has 0 atom stereocenters. The first kappa shape index (κ1) is 22.2. The van der Waals surface area contributed by atoms with Crippen molar-refractivity contribution in [2.45, 2.75) is 32.6 Å². The Morgan fingerprint density at radius 1 is 0.968 bits per heavy atom. The van der Waals surface area contributed by atoms with Crippen LogP contribution < -0.4 is 9.64 Å². The molecule has 7 nitrogen and oxygen atoms in total. The number of Topliss-reactive ketones (excluding diaryl/α,β-unsaturated/α-hetero) is 2. The van der Waals surface area contributed by atoms with Crippen molar-refractivity contribution in [1.29, 1.82) is 0 Å². The Kier molecular flexibility index (Phi) is 7.18. The van der Waals surface area contributed by atoms with Gasteiger partial charge in [0.2, 0.25) is 5.91 Å². The van der Waals surface area contributed by atoms with Gasteiger partial charge in [-0.3, -0.25) is 19.2 Å². The smallest absolute Gasteiger partial charge is 0.306 e. The minimum Gasteiger partial charge on any atom is -0.494 e. The Labute approximate surface area is 180 Å². The molecule has 7 heteroatoms. The Hall–Kier alpha value is -3.48. The van der Waals surface area contributed by atoms with Crippen molar-refractivity contribution < 1.29 is 28.7 Å². The van der Waals surface area contributed by atoms with Crippen LogP contribution in [0.3, 0.4) is 0 Å². The highest BCUT2D eigenvalue weighted by atomic mass is 16.5. The largest absolute Gasteiger partial charge is 0.494 e. The van der Waals surface area contributed by atoms with Gasteiger partial charge in [-0.25, -0.2) is 0 Å². The zero-order valence-electron chi connectivity index (χ0n) is 17.7. The fourth-order valence-electron chi connectivity index (χ4n) is 3.26. The summed E-state index contributed by atoms with van der Waals surface area (Å²) >= 11 is 0. The van der Waals surface area contributed by atoms with Crippen molar-refractivity contribution >= 4 is 29.1 Å². The Morgan fingerprint density at radius 3 is 2.39 bits per heavy atom. The average molecular weight is 423 g/mol. The molecule has 0 bridgehead atoms. The highest BCUT2D eigenvalue weighted by molar-refractivity contribution is 6.04. The maximum Gasteiger partial charge on any atom is 0.306 e. The number of benzene rings is 2. The van der Waals surface area contributed by atoms with Crippen LogP contribution >= 0.6 is 0 Å². The third-order valence-corrected chi connectivity index (χ3v) is 5.05. The fourth-order valence-corrected chi connectivity index (χ4v) is 3.26. The van der Waals surface area contributed by atoms with Crippen molar-refractivity contribution in [2.24, 2.45) is 0 Å². The van der Waals surface area contributed by atoms with Gasteiger partial charge in [0.05, 0.1) is 19.4 Å². The quantitative estimate of drug-likeness (QED) is 0.430. The van der Waals surface area contributed by atoms with Gasteiger partial charge in [0.1, 0.15) is 5.75 Å². The molecular formula is C24H25NO6. The molecule has 1 aliphatic heterocycles.